The van der Waals surface area contributed by atoms with Crippen LogP contribution in [0.1, 0.15) is 41.0 Å². The Balaban J connectivity index is 4.36. The Morgan fingerprint density at radius 3 is 2.00 bits per heavy atom. The Morgan fingerprint density at radius 2 is 1.67 bits per heavy atom. The molecule has 0 saturated heterocycles. The summed E-state index contributed by atoms with van der Waals surface area (Å²) in [5.41, 5.74) is -0.876. The molecule has 0 unspecified atom stereocenters. The Hall–Kier alpha value is -0.510. The number of aliphatic carboxylic acids is 1. The average Bonchev–Trinajstić information content (AvgIpc) is 1.99. The fraction of sp³-hybridized carbons (Fsp3) is 0.818. The van der Waals surface area contributed by atoms with Crippen molar-refractivity contribution in [3.63, 3.8) is 0 Å². The lowest BCUT2D eigenvalue weighted by Gasteiger charge is -2.31. The summed E-state index contributed by atoms with van der Waals surface area (Å²) in [5, 5.41) is 9.09. The highest BCUT2D eigenvalue weighted by Gasteiger charge is 2.34. The maximum atomic E-state index is 11.0. The van der Waals surface area contributed by atoms with Crippen LogP contribution in [0, 0.1) is 10.8 Å². The third-order valence-electron chi connectivity index (χ3n) is 2.17. The van der Waals surface area contributed by atoms with Crippen molar-refractivity contribution in [1.29, 1.82) is 0 Å². The van der Waals surface area contributed by atoms with Gasteiger partial charge >= 0.3 is 5.97 Å². The van der Waals surface area contributed by atoms with Gasteiger partial charge in [0.2, 0.25) is 0 Å². The predicted molar refractivity (Wildman–Crippen MR) is 63.0 cm³/mol. The molecule has 0 heterocycles. The van der Waals surface area contributed by atoms with Crippen molar-refractivity contribution in [3.8, 4) is 0 Å². The van der Waals surface area contributed by atoms with E-state index in [0.717, 1.165) is 0 Å². The van der Waals surface area contributed by atoms with E-state index in [9.17, 15) is 9.59 Å². The number of carbonyl (C=O) groups excluding carboxylic acids is 1. The highest BCUT2D eigenvalue weighted by molar-refractivity contribution is 8.13. The Kier molecular flexibility index (Phi) is 4.84. The van der Waals surface area contributed by atoms with Gasteiger partial charge in [0.15, 0.2) is 5.12 Å². The van der Waals surface area contributed by atoms with E-state index >= 15 is 0 Å². The summed E-state index contributed by atoms with van der Waals surface area (Å²) in [6, 6.07) is 0. The number of carbonyl (C=O) groups is 2. The van der Waals surface area contributed by atoms with Crippen LogP contribution in [-0.2, 0) is 9.59 Å². The summed E-state index contributed by atoms with van der Waals surface area (Å²) >= 11 is 1.26. The monoisotopic (exact) mass is 232 g/mol. The zero-order valence-corrected chi connectivity index (χ0v) is 10.9. The van der Waals surface area contributed by atoms with Crippen LogP contribution in [0.5, 0.6) is 0 Å². The Labute approximate surface area is 95.6 Å². The van der Waals surface area contributed by atoms with Gasteiger partial charge in [-0.1, -0.05) is 25.6 Å². The Bertz CT molecular complexity index is 257. The van der Waals surface area contributed by atoms with Gasteiger partial charge in [-0.25, -0.2) is 0 Å². The number of hydrogen-bond acceptors (Lipinski definition) is 3. The molecule has 0 aliphatic heterocycles. The molecule has 0 spiro atoms. The lowest BCUT2D eigenvalue weighted by Crippen LogP contribution is -2.31. The average molecular weight is 232 g/mol. The van der Waals surface area contributed by atoms with Gasteiger partial charge in [-0.15, -0.1) is 0 Å². The van der Waals surface area contributed by atoms with Crippen molar-refractivity contribution >= 4 is 22.8 Å². The third kappa shape index (κ3) is 5.82. The molecule has 0 fully saturated rings. The molecule has 1 N–H and O–H groups in total. The third-order valence-corrected chi connectivity index (χ3v) is 3.50. The van der Waals surface area contributed by atoms with Gasteiger partial charge in [-0.2, -0.15) is 0 Å². The van der Waals surface area contributed by atoms with Crippen molar-refractivity contribution in [2.75, 3.05) is 5.75 Å². The maximum absolute atomic E-state index is 11.0. The van der Waals surface area contributed by atoms with E-state index in [1.807, 2.05) is 13.8 Å². The lowest BCUT2D eigenvalue weighted by molar-refractivity contribution is -0.148. The van der Waals surface area contributed by atoms with Crippen LogP contribution in [0.25, 0.3) is 0 Å². The molecule has 0 aromatic heterocycles. The van der Waals surface area contributed by atoms with Crippen LogP contribution in [0.15, 0.2) is 0 Å². The van der Waals surface area contributed by atoms with Crippen LogP contribution in [0.2, 0.25) is 0 Å². The van der Waals surface area contributed by atoms with Crippen molar-refractivity contribution in [3.05, 3.63) is 0 Å². The summed E-state index contributed by atoms with van der Waals surface area (Å²) in [5.74, 6) is -0.123. The number of hydrogen-bond donors (Lipinski definition) is 1. The second-order valence-corrected chi connectivity index (χ2v) is 6.46. The first-order valence-corrected chi connectivity index (χ1v) is 5.92. The molecular weight excluding hydrogens is 212 g/mol. The van der Waals surface area contributed by atoms with Gasteiger partial charge in [0.25, 0.3) is 0 Å². The van der Waals surface area contributed by atoms with Gasteiger partial charge < -0.3 is 5.11 Å². The summed E-state index contributed by atoms with van der Waals surface area (Å²) in [6.45, 7) is 8.95. The zero-order chi connectivity index (χ0) is 12.3. The number of thioether (sulfide) groups is 1. The first kappa shape index (κ1) is 14.5. The second-order valence-electron chi connectivity index (χ2n) is 5.31. The van der Waals surface area contributed by atoms with Crippen LogP contribution in [0.4, 0.5) is 0 Å². The van der Waals surface area contributed by atoms with E-state index < -0.39 is 11.4 Å². The van der Waals surface area contributed by atoms with Gasteiger partial charge in [0.05, 0.1) is 5.41 Å². The quantitative estimate of drug-likeness (QED) is 0.792. The fourth-order valence-corrected chi connectivity index (χ4v) is 2.32. The lowest BCUT2D eigenvalue weighted by atomic mass is 9.76. The molecule has 88 valence electrons. The molecule has 0 rings (SSSR count). The van der Waals surface area contributed by atoms with Gasteiger partial charge in [-0.05, 0) is 25.7 Å². The molecule has 0 saturated carbocycles. The maximum Gasteiger partial charge on any atom is 0.309 e. The molecule has 0 amide bonds. The van der Waals surface area contributed by atoms with E-state index in [-0.39, 0.29) is 10.5 Å². The summed E-state index contributed by atoms with van der Waals surface area (Å²) in [4.78, 5) is 21.8. The van der Waals surface area contributed by atoms with E-state index in [4.69, 9.17) is 5.11 Å². The van der Waals surface area contributed by atoms with Gasteiger partial charge in [0.1, 0.15) is 0 Å². The smallest absolute Gasteiger partial charge is 0.309 e. The van der Waals surface area contributed by atoms with E-state index in [2.05, 4.69) is 0 Å². The van der Waals surface area contributed by atoms with E-state index in [1.54, 1.807) is 13.8 Å². The summed E-state index contributed by atoms with van der Waals surface area (Å²) in [6.07, 6.45) is 0.565. The molecule has 0 atom stereocenters. The molecule has 0 radical (unpaired) electrons. The van der Waals surface area contributed by atoms with Crippen molar-refractivity contribution in [2.24, 2.45) is 10.8 Å². The predicted octanol–water partition coefficient (Wildman–Crippen LogP) is 2.79. The number of rotatable bonds is 5. The van der Waals surface area contributed by atoms with Crippen LogP contribution < -0.4 is 0 Å². The van der Waals surface area contributed by atoms with E-state index in [0.29, 0.717) is 12.2 Å². The minimum absolute atomic E-state index is 0.0798. The molecule has 3 nitrogen and oxygen atoms in total. The first-order valence-electron chi connectivity index (χ1n) is 4.94. The highest BCUT2D eigenvalue weighted by atomic mass is 32.2. The van der Waals surface area contributed by atoms with Gasteiger partial charge in [0, 0.05) is 12.7 Å². The van der Waals surface area contributed by atoms with E-state index in [1.165, 1.54) is 18.7 Å². The van der Waals surface area contributed by atoms with Crippen molar-refractivity contribution < 1.29 is 14.7 Å². The summed E-state index contributed by atoms with van der Waals surface area (Å²) in [7, 11) is 0. The molecule has 0 bridgehead atoms. The molecule has 0 aromatic carbocycles. The molecular formula is C11H20O3S. The molecule has 15 heavy (non-hydrogen) atoms. The van der Waals surface area contributed by atoms with Crippen molar-refractivity contribution in [2.45, 2.75) is 41.0 Å². The highest BCUT2D eigenvalue weighted by Crippen LogP contribution is 2.36. The molecule has 0 aliphatic carbocycles. The minimum atomic E-state index is -0.789. The second kappa shape index (κ2) is 5.01. The normalized spacial score (nSPS) is 12.6. The van der Waals surface area contributed by atoms with Gasteiger partial charge in [-0.3, -0.25) is 9.59 Å². The number of carboxylic acids is 1. The van der Waals surface area contributed by atoms with Crippen molar-refractivity contribution in [1.82, 2.24) is 0 Å². The Morgan fingerprint density at radius 1 is 1.20 bits per heavy atom. The molecule has 0 aliphatic rings. The molecule has 4 heteroatoms. The minimum Gasteiger partial charge on any atom is -0.481 e. The fourth-order valence-electron chi connectivity index (χ4n) is 1.62. The first-order chi connectivity index (χ1) is 6.57. The molecule has 0 aromatic rings. The largest absolute Gasteiger partial charge is 0.481 e. The van der Waals surface area contributed by atoms with Crippen LogP contribution in [-0.4, -0.2) is 21.9 Å². The standard InChI is InChI=1S/C11H20O3S/c1-8(12)15-7-10(2,3)6-11(4,5)9(13)14/h6-7H2,1-5H3,(H,13,14). The van der Waals surface area contributed by atoms with Crippen LogP contribution in [0.3, 0.4) is 0 Å². The topological polar surface area (TPSA) is 54.4 Å². The zero-order valence-electron chi connectivity index (χ0n) is 10.1. The summed E-state index contributed by atoms with van der Waals surface area (Å²) < 4.78 is 0. The number of carboxylic acid groups (broad SMARTS) is 1. The SMILES string of the molecule is CC(=O)SCC(C)(C)CC(C)(C)C(=O)O. The van der Waals surface area contributed by atoms with Crippen LogP contribution >= 0.6 is 11.8 Å².